The molecule has 708 valence electrons. The van der Waals surface area contributed by atoms with Crippen molar-refractivity contribution in [2.75, 3.05) is 46.2 Å². The normalized spacial score (nSPS) is 12.0. The van der Waals surface area contributed by atoms with Gasteiger partial charge in [0, 0.05) is 0 Å². The summed E-state index contributed by atoms with van der Waals surface area (Å²) >= 11 is 0. The summed E-state index contributed by atoms with van der Waals surface area (Å²) in [6.07, 6.45) is 95.0. The van der Waals surface area contributed by atoms with Gasteiger partial charge in [-0.1, -0.05) is 510 Å². The van der Waals surface area contributed by atoms with E-state index in [0.717, 1.165) is 129 Å². The number of hydrogen-bond acceptors (Lipinski definition) is 8. The van der Waals surface area contributed by atoms with Crippen LogP contribution in [0.5, 0.6) is 46.0 Å². The molecule has 0 amide bonds. The zero-order valence-electron chi connectivity index (χ0n) is 82.4. The molecule has 1 atom stereocenters. The van der Waals surface area contributed by atoms with Gasteiger partial charge in [-0.2, -0.15) is 0 Å². The fraction of sp³-hybridized carbons (Fsp3) is 0.630. The van der Waals surface area contributed by atoms with E-state index in [4.69, 9.17) is 37.9 Å². The van der Waals surface area contributed by atoms with Crippen LogP contribution in [-0.2, 0) is 0 Å². The lowest BCUT2D eigenvalue weighted by atomic mass is 10.1. The Labute approximate surface area is 779 Å². The van der Waals surface area contributed by atoms with Gasteiger partial charge in [0.25, 0.3) is 0 Å². The minimum absolute atomic E-state index is 0.150. The van der Waals surface area contributed by atoms with Crippen LogP contribution in [0, 0.1) is 0 Å². The molecule has 127 heavy (non-hydrogen) atoms. The summed E-state index contributed by atoms with van der Waals surface area (Å²) in [5.41, 5.74) is 8.86. The van der Waals surface area contributed by atoms with Gasteiger partial charge in [0.1, 0.15) is 24.2 Å². The minimum Gasteiger partial charge on any atom is -0.490 e. The van der Waals surface area contributed by atoms with Crippen molar-refractivity contribution in [2.24, 2.45) is 0 Å². The molecule has 1 unspecified atom stereocenters. The van der Waals surface area contributed by atoms with Crippen LogP contribution in [0.4, 0.5) is 0 Å². The fourth-order valence-electron chi connectivity index (χ4n) is 16.7. The highest BCUT2D eigenvalue weighted by Crippen LogP contribution is 2.42. The Bertz CT molecular complexity index is 3560. The first-order chi connectivity index (χ1) is 62.8. The summed E-state index contributed by atoms with van der Waals surface area (Å²) in [5.74, 6) is 6.40. The lowest BCUT2D eigenvalue weighted by molar-refractivity contribution is 0.143. The first-order valence-electron chi connectivity index (χ1n) is 53.4. The van der Waals surface area contributed by atoms with Crippen LogP contribution in [-0.4, -0.2) is 52.4 Å². The molecule has 0 radical (unpaired) electrons. The van der Waals surface area contributed by atoms with Gasteiger partial charge in [0.2, 0.25) is 11.5 Å². The highest BCUT2D eigenvalue weighted by molar-refractivity contribution is 5.76. The van der Waals surface area contributed by atoms with Crippen molar-refractivity contribution < 1.29 is 37.9 Å². The van der Waals surface area contributed by atoms with Gasteiger partial charge >= 0.3 is 0 Å². The van der Waals surface area contributed by atoms with Crippen molar-refractivity contribution in [1.82, 2.24) is 0 Å². The molecule has 0 fully saturated rings. The third-order valence-corrected chi connectivity index (χ3v) is 24.9. The maximum absolute atomic E-state index is 6.74. The Kier molecular flexibility index (Phi) is 65.2. The largest absolute Gasteiger partial charge is 0.490 e. The summed E-state index contributed by atoms with van der Waals surface area (Å²) in [7, 11) is 0. The standard InChI is InChI=1S/C119H184O8/c1-8-14-20-26-32-38-44-50-56-62-92-120-114-98-110(99-115(121-93-63-57-51-45-39-33-27-21-15-9-2)118(114)124-96-66-60-54-48-42-36-30-24-18-12-5)82-80-106-72-68-104(69-73-106)76-78-108-84-88-112(89-85-108)126-102-103(7)127-113-90-86-109(87-91-113)79-77-105-70-74-107(75-71-105)81-83-111-100-116(122-94-64-58-52-46-40-34-28-22-16-10-3)119(125-97-67-61-55-49-43-37-31-25-19-13-6)117(101-111)123-95-65-59-53-47-41-35-29-23-17-11-4/h68-91,98-101,103H,8-67,92-97,102H2,1-7H3. The van der Waals surface area contributed by atoms with Gasteiger partial charge in [0.15, 0.2) is 23.0 Å². The van der Waals surface area contributed by atoms with Crippen LogP contribution in [0.2, 0.25) is 0 Å². The molecule has 0 saturated heterocycles. The summed E-state index contributed by atoms with van der Waals surface area (Å²) in [6, 6.07) is 42.8. The molecule has 0 aliphatic heterocycles. The molecule has 0 saturated carbocycles. The molecule has 0 aliphatic carbocycles. The van der Waals surface area contributed by atoms with Gasteiger partial charge in [-0.05, 0) is 138 Å². The van der Waals surface area contributed by atoms with Crippen LogP contribution in [0.25, 0.3) is 48.6 Å². The molecule has 0 heterocycles. The summed E-state index contributed by atoms with van der Waals surface area (Å²) in [4.78, 5) is 0. The molecule has 0 bridgehead atoms. The van der Waals surface area contributed by atoms with Gasteiger partial charge in [-0.25, -0.2) is 0 Å². The molecule has 0 aromatic heterocycles. The molecule has 6 aromatic carbocycles. The van der Waals surface area contributed by atoms with E-state index >= 15 is 0 Å². The molecule has 8 heteroatoms. The van der Waals surface area contributed by atoms with E-state index in [-0.39, 0.29) is 6.10 Å². The third kappa shape index (κ3) is 54.8. The summed E-state index contributed by atoms with van der Waals surface area (Å²) in [6.45, 7) is 20.3. The maximum atomic E-state index is 6.74. The van der Waals surface area contributed by atoms with Crippen molar-refractivity contribution in [1.29, 1.82) is 0 Å². The van der Waals surface area contributed by atoms with Crippen molar-refractivity contribution in [2.45, 2.75) is 440 Å². The quantitative estimate of drug-likeness (QED) is 0.0276. The SMILES string of the molecule is CCCCCCCCCCCCOc1cc(C=Cc2ccc(C=Cc3ccc(OCC(C)Oc4ccc(C=Cc5ccc(C=Cc6cc(OCCCCCCCCCCCC)c(OCCCCCCCCCCCC)c(OCCCCCCCCCCCC)c6)cc5)cc4)cc3)cc2)cc(OCCCCCCCCCCCC)c1OCCCCCCCCCCCC. The van der Waals surface area contributed by atoms with E-state index < -0.39 is 0 Å². The Balaban J connectivity index is 1.01. The maximum Gasteiger partial charge on any atom is 0.203 e. The second-order valence-electron chi connectivity index (χ2n) is 36.9. The molecular weight excluding hydrogens is 1560 g/mol. The highest BCUT2D eigenvalue weighted by atomic mass is 16.6. The average Bonchev–Trinajstić information content (AvgIpc) is 0.824. The number of hydrogen-bond donors (Lipinski definition) is 0. The number of rotatable bonds is 85. The van der Waals surface area contributed by atoms with Crippen LogP contribution in [0.3, 0.4) is 0 Å². The summed E-state index contributed by atoms with van der Waals surface area (Å²) in [5, 5.41) is 0. The number of benzene rings is 6. The van der Waals surface area contributed by atoms with Crippen LogP contribution in [0.1, 0.15) is 478 Å². The molecule has 0 N–H and O–H groups in total. The predicted octanol–water partition coefficient (Wildman–Crippen LogP) is 38.0. The molecule has 6 rings (SSSR count). The Morgan fingerprint density at radius 3 is 0.551 bits per heavy atom. The summed E-state index contributed by atoms with van der Waals surface area (Å²) < 4.78 is 53.0. The molecule has 8 nitrogen and oxygen atoms in total. The number of unbranched alkanes of at least 4 members (excludes halogenated alkanes) is 54. The smallest absolute Gasteiger partial charge is 0.203 e. The van der Waals surface area contributed by atoms with Crippen molar-refractivity contribution in [3.05, 3.63) is 166 Å². The number of ether oxygens (including phenoxy) is 8. The second kappa shape index (κ2) is 76.4. The topological polar surface area (TPSA) is 73.8 Å². The van der Waals surface area contributed by atoms with E-state index in [2.05, 4.69) is 194 Å². The molecule has 6 aromatic rings. The van der Waals surface area contributed by atoms with E-state index in [1.54, 1.807) is 0 Å². The van der Waals surface area contributed by atoms with Gasteiger partial charge in [0.05, 0.1) is 39.6 Å². The molecular formula is C119H184O8. The monoisotopic (exact) mass is 1740 g/mol. The van der Waals surface area contributed by atoms with Gasteiger partial charge in [-0.15, -0.1) is 0 Å². The highest BCUT2D eigenvalue weighted by Gasteiger charge is 2.19. The Hall–Kier alpha value is -7.32. The zero-order chi connectivity index (χ0) is 89.6. The first-order valence-corrected chi connectivity index (χ1v) is 53.4. The molecule has 0 aliphatic rings. The van der Waals surface area contributed by atoms with Gasteiger partial charge in [-0.3, -0.25) is 0 Å². The van der Waals surface area contributed by atoms with E-state index in [1.807, 2.05) is 24.3 Å². The second-order valence-corrected chi connectivity index (χ2v) is 36.9. The zero-order valence-corrected chi connectivity index (χ0v) is 82.4. The Morgan fingerprint density at radius 1 is 0.181 bits per heavy atom. The van der Waals surface area contributed by atoms with Crippen molar-refractivity contribution in [3.63, 3.8) is 0 Å². The van der Waals surface area contributed by atoms with Gasteiger partial charge < -0.3 is 37.9 Å². The average molecular weight is 1740 g/mol. The van der Waals surface area contributed by atoms with Crippen molar-refractivity contribution in [3.8, 4) is 46.0 Å². The molecule has 0 spiro atoms. The lowest BCUT2D eigenvalue weighted by Crippen LogP contribution is -2.21. The van der Waals surface area contributed by atoms with E-state index in [1.165, 1.54) is 347 Å². The van der Waals surface area contributed by atoms with Crippen LogP contribution < -0.4 is 37.9 Å². The predicted molar refractivity (Wildman–Crippen MR) is 554 cm³/mol. The minimum atomic E-state index is -0.150. The van der Waals surface area contributed by atoms with Crippen LogP contribution in [0.15, 0.2) is 121 Å². The van der Waals surface area contributed by atoms with Crippen molar-refractivity contribution >= 4 is 48.6 Å². The first kappa shape index (κ1) is 108. The van der Waals surface area contributed by atoms with E-state index in [0.29, 0.717) is 46.2 Å². The fourth-order valence-corrected chi connectivity index (χ4v) is 16.7. The lowest BCUT2D eigenvalue weighted by Gasteiger charge is -2.18. The van der Waals surface area contributed by atoms with E-state index in [9.17, 15) is 0 Å². The van der Waals surface area contributed by atoms with Crippen LogP contribution >= 0.6 is 0 Å². The third-order valence-electron chi connectivity index (χ3n) is 24.9. The Morgan fingerprint density at radius 2 is 0.346 bits per heavy atom.